The molecule has 0 aromatic heterocycles. The molecule has 2 rings (SSSR count). The molecule has 0 aliphatic rings. The Kier molecular flexibility index (Phi) is 3.95. The van der Waals surface area contributed by atoms with E-state index in [0.29, 0.717) is 10.6 Å². The van der Waals surface area contributed by atoms with E-state index in [4.69, 9.17) is 11.6 Å². The molecule has 0 saturated heterocycles. The Morgan fingerprint density at radius 2 is 1.80 bits per heavy atom. The van der Waals surface area contributed by atoms with E-state index < -0.39 is 17.3 Å². The number of carboxylic acid groups (broad SMARTS) is 1. The van der Waals surface area contributed by atoms with Crippen LogP contribution >= 0.6 is 11.6 Å². The van der Waals surface area contributed by atoms with Gasteiger partial charge in [0.1, 0.15) is 5.82 Å². The lowest BCUT2D eigenvalue weighted by Crippen LogP contribution is -2.41. The molecule has 104 valence electrons. The van der Waals surface area contributed by atoms with Crippen molar-refractivity contribution in [2.24, 2.45) is 0 Å². The molecule has 20 heavy (non-hydrogen) atoms. The van der Waals surface area contributed by atoms with Crippen molar-refractivity contribution < 1.29 is 14.3 Å². The molecule has 0 amide bonds. The third kappa shape index (κ3) is 2.60. The highest BCUT2D eigenvalue weighted by Gasteiger charge is 2.37. The molecule has 3 nitrogen and oxygen atoms in total. The van der Waals surface area contributed by atoms with E-state index in [1.165, 1.54) is 25.1 Å². The maximum atomic E-state index is 13.7. The Labute approximate surface area is 121 Å². The molecule has 0 spiro atoms. The maximum Gasteiger partial charge on any atom is 0.333 e. The molecule has 0 saturated carbocycles. The van der Waals surface area contributed by atoms with Crippen molar-refractivity contribution in [3.63, 3.8) is 0 Å². The van der Waals surface area contributed by atoms with Gasteiger partial charge in [-0.25, -0.2) is 9.18 Å². The number of aliphatic carboxylic acids is 1. The number of nitrogens with one attached hydrogen (secondary N) is 1. The summed E-state index contributed by atoms with van der Waals surface area (Å²) in [4.78, 5) is 11.6. The van der Waals surface area contributed by atoms with Gasteiger partial charge < -0.3 is 10.4 Å². The smallest absolute Gasteiger partial charge is 0.333 e. The molecule has 0 fully saturated rings. The summed E-state index contributed by atoms with van der Waals surface area (Å²) in [6, 6.07) is 12.5. The largest absolute Gasteiger partial charge is 0.479 e. The average Bonchev–Trinajstić information content (AvgIpc) is 2.41. The quantitative estimate of drug-likeness (QED) is 0.899. The van der Waals surface area contributed by atoms with E-state index in [1.807, 2.05) is 0 Å². The zero-order chi connectivity index (χ0) is 14.8. The first kappa shape index (κ1) is 14.3. The van der Waals surface area contributed by atoms with Crippen molar-refractivity contribution in [3.05, 3.63) is 64.9 Å². The number of carbonyl (C=O) groups is 1. The molecule has 1 atom stereocenters. The second kappa shape index (κ2) is 5.51. The van der Waals surface area contributed by atoms with Crippen LogP contribution in [0.5, 0.6) is 0 Å². The van der Waals surface area contributed by atoms with Crippen LogP contribution in [0.1, 0.15) is 12.5 Å². The number of para-hydroxylation sites is 1. The van der Waals surface area contributed by atoms with Crippen molar-refractivity contribution >= 4 is 23.3 Å². The summed E-state index contributed by atoms with van der Waals surface area (Å²) in [5.41, 5.74) is -1.05. The van der Waals surface area contributed by atoms with Gasteiger partial charge in [0.2, 0.25) is 0 Å². The van der Waals surface area contributed by atoms with Gasteiger partial charge in [-0.05, 0) is 25.1 Å². The van der Waals surface area contributed by atoms with Crippen LogP contribution in [-0.2, 0) is 10.3 Å². The molecule has 2 aromatic carbocycles. The molecule has 2 aromatic rings. The minimum absolute atomic E-state index is 0.109. The van der Waals surface area contributed by atoms with E-state index in [-0.39, 0.29) is 5.69 Å². The molecule has 2 N–H and O–H groups in total. The fourth-order valence-corrected chi connectivity index (χ4v) is 2.26. The summed E-state index contributed by atoms with van der Waals surface area (Å²) in [5, 5.41) is 12.5. The lowest BCUT2D eigenvalue weighted by atomic mass is 9.91. The van der Waals surface area contributed by atoms with Gasteiger partial charge in [0, 0.05) is 10.6 Å². The van der Waals surface area contributed by atoms with Crippen molar-refractivity contribution in [2.45, 2.75) is 12.5 Å². The Morgan fingerprint density at radius 3 is 2.40 bits per heavy atom. The van der Waals surface area contributed by atoms with E-state index in [0.717, 1.165) is 0 Å². The minimum Gasteiger partial charge on any atom is -0.479 e. The van der Waals surface area contributed by atoms with Gasteiger partial charge >= 0.3 is 5.97 Å². The summed E-state index contributed by atoms with van der Waals surface area (Å²) >= 11 is 6.06. The van der Waals surface area contributed by atoms with E-state index in [9.17, 15) is 14.3 Å². The van der Waals surface area contributed by atoms with Gasteiger partial charge in [-0.3, -0.25) is 0 Å². The molecule has 0 radical (unpaired) electrons. The van der Waals surface area contributed by atoms with Gasteiger partial charge in [-0.1, -0.05) is 41.9 Å². The Balaban J connectivity index is 2.49. The number of anilines is 1. The van der Waals surface area contributed by atoms with Gasteiger partial charge in [-0.15, -0.1) is 0 Å². The lowest BCUT2D eigenvalue weighted by Gasteiger charge is -2.29. The number of hydrogen-bond donors (Lipinski definition) is 2. The van der Waals surface area contributed by atoms with Crippen molar-refractivity contribution in [2.75, 3.05) is 5.32 Å². The Morgan fingerprint density at radius 1 is 1.20 bits per heavy atom. The van der Waals surface area contributed by atoms with E-state index in [2.05, 4.69) is 5.32 Å². The Bertz CT molecular complexity index is 647. The summed E-state index contributed by atoms with van der Waals surface area (Å²) in [6.45, 7) is 1.45. The fraction of sp³-hybridized carbons (Fsp3) is 0.133. The Hall–Kier alpha value is -2.07. The molecular weight excluding hydrogens is 281 g/mol. The topological polar surface area (TPSA) is 49.3 Å². The third-order valence-electron chi connectivity index (χ3n) is 3.10. The first-order valence-electron chi connectivity index (χ1n) is 5.96. The third-order valence-corrected chi connectivity index (χ3v) is 3.43. The standard InChI is InChI=1S/C15H13ClFNO2/c1-15(14(19)20,10-6-2-3-7-11(10)16)18-13-9-5-4-8-12(13)17/h2-9,18H,1H3,(H,19,20). The van der Waals surface area contributed by atoms with Gasteiger partial charge in [-0.2, -0.15) is 0 Å². The predicted molar refractivity (Wildman–Crippen MR) is 76.5 cm³/mol. The summed E-state index contributed by atoms with van der Waals surface area (Å²) in [6.07, 6.45) is 0. The minimum atomic E-state index is -1.53. The van der Waals surface area contributed by atoms with Gasteiger partial charge in [0.25, 0.3) is 0 Å². The van der Waals surface area contributed by atoms with Crippen LogP contribution in [0.25, 0.3) is 0 Å². The van der Waals surface area contributed by atoms with E-state index >= 15 is 0 Å². The first-order valence-corrected chi connectivity index (χ1v) is 6.34. The molecule has 0 bridgehead atoms. The summed E-state index contributed by atoms with van der Waals surface area (Å²) in [7, 11) is 0. The number of hydrogen-bond acceptors (Lipinski definition) is 2. The van der Waals surface area contributed by atoms with Gasteiger partial charge in [0.05, 0.1) is 5.69 Å². The number of rotatable bonds is 4. The van der Waals surface area contributed by atoms with Crippen LogP contribution in [0.3, 0.4) is 0 Å². The highest BCUT2D eigenvalue weighted by molar-refractivity contribution is 6.31. The molecule has 5 heteroatoms. The molecule has 0 aliphatic carbocycles. The van der Waals surface area contributed by atoms with Gasteiger partial charge in [0.15, 0.2) is 5.54 Å². The lowest BCUT2D eigenvalue weighted by molar-refractivity contribution is -0.142. The maximum absolute atomic E-state index is 13.7. The van der Waals surface area contributed by atoms with Crippen LogP contribution in [0.15, 0.2) is 48.5 Å². The highest BCUT2D eigenvalue weighted by Crippen LogP contribution is 2.32. The van der Waals surface area contributed by atoms with Crippen LogP contribution in [0.2, 0.25) is 5.02 Å². The number of carboxylic acids is 1. The monoisotopic (exact) mass is 293 g/mol. The highest BCUT2D eigenvalue weighted by atomic mass is 35.5. The molecule has 1 unspecified atom stereocenters. The van der Waals surface area contributed by atoms with E-state index in [1.54, 1.807) is 30.3 Å². The molecule has 0 heterocycles. The summed E-state index contributed by atoms with van der Waals surface area (Å²) in [5.74, 6) is -1.67. The SMILES string of the molecule is CC(Nc1ccccc1F)(C(=O)O)c1ccccc1Cl. The van der Waals surface area contributed by atoms with Crippen LogP contribution in [0.4, 0.5) is 10.1 Å². The number of benzene rings is 2. The zero-order valence-electron chi connectivity index (χ0n) is 10.7. The first-order chi connectivity index (χ1) is 9.45. The second-order valence-corrected chi connectivity index (χ2v) is 4.92. The van der Waals surface area contributed by atoms with Crippen molar-refractivity contribution in [1.82, 2.24) is 0 Å². The van der Waals surface area contributed by atoms with Crippen LogP contribution in [0, 0.1) is 5.82 Å². The zero-order valence-corrected chi connectivity index (χ0v) is 11.5. The van der Waals surface area contributed by atoms with Crippen molar-refractivity contribution in [1.29, 1.82) is 0 Å². The molecule has 0 aliphatic heterocycles. The number of halogens is 2. The normalized spacial score (nSPS) is 13.6. The summed E-state index contributed by atoms with van der Waals surface area (Å²) < 4.78 is 13.7. The second-order valence-electron chi connectivity index (χ2n) is 4.51. The fourth-order valence-electron chi connectivity index (χ4n) is 1.93. The molecular formula is C15H13ClFNO2. The van der Waals surface area contributed by atoms with Crippen molar-refractivity contribution in [3.8, 4) is 0 Å². The predicted octanol–water partition coefficient (Wildman–Crippen LogP) is 3.89. The average molecular weight is 294 g/mol. The van der Waals surface area contributed by atoms with Crippen LogP contribution < -0.4 is 5.32 Å². The van der Waals surface area contributed by atoms with Crippen LogP contribution in [-0.4, -0.2) is 11.1 Å².